The van der Waals surface area contributed by atoms with Gasteiger partial charge in [0.25, 0.3) is 0 Å². The van der Waals surface area contributed by atoms with Crippen LogP contribution in [0.2, 0.25) is 0 Å². The normalized spacial score (nSPS) is 20.2. The van der Waals surface area contributed by atoms with E-state index in [-0.39, 0.29) is 29.9 Å². The molecule has 1 aliphatic heterocycles. The number of likely N-dealkylation sites (N-methyl/N-ethyl adjacent to an activating group) is 1. The van der Waals surface area contributed by atoms with E-state index in [2.05, 4.69) is 18.9 Å². The van der Waals surface area contributed by atoms with Crippen LogP contribution in [0.25, 0.3) is 0 Å². The Labute approximate surface area is 138 Å². The van der Waals surface area contributed by atoms with Gasteiger partial charge in [0.1, 0.15) is 0 Å². The Morgan fingerprint density at radius 2 is 2.04 bits per heavy atom. The summed E-state index contributed by atoms with van der Waals surface area (Å²) in [5, 5.41) is 4.53. The molecule has 1 unspecified atom stereocenters. The number of rotatable bonds is 5. The minimum absolute atomic E-state index is 0.0394. The highest BCUT2D eigenvalue weighted by molar-refractivity contribution is 7.91. The van der Waals surface area contributed by atoms with Gasteiger partial charge in [-0.25, -0.2) is 8.42 Å². The highest BCUT2D eigenvalue weighted by Gasteiger charge is 2.33. The van der Waals surface area contributed by atoms with E-state index in [1.165, 1.54) is 0 Å². The number of carbonyl (C=O) groups is 1. The smallest absolute Gasteiger partial charge is 0.227 e. The molecule has 23 heavy (non-hydrogen) atoms. The number of hydrogen-bond donors (Lipinski definition) is 0. The first-order chi connectivity index (χ1) is 10.6. The lowest BCUT2D eigenvalue weighted by molar-refractivity contribution is -0.130. The van der Waals surface area contributed by atoms with Gasteiger partial charge in [0.15, 0.2) is 9.84 Å². The van der Waals surface area contributed by atoms with Crippen LogP contribution in [0.5, 0.6) is 0 Å². The number of nitrogens with zero attached hydrogens (tertiary/aromatic N) is 3. The lowest BCUT2D eigenvalue weighted by Crippen LogP contribution is -2.38. The summed E-state index contributed by atoms with van der Waals surface area (Å²) >= 11 is 0. The third-order valence-electron chi connectivity index (χ3n) is 4.55. The Hall–Kier alpha value is -1.37. The first kappa shape index (κ1) is 18.0. The highest BCUT2D eigenvalue weighted by atomic mass is 32.2. The Morgan fingerprint density at radius 3 is 2.57 bits per heavy atom. The third-order valence-corrected chi connectivity index (χ3v) is 6.30. The summed E-state index contributed by atoms with van der Waals surface area (Å²) in [6, 6.07) is -0.196. The predicted octanol–water partition coefficient (Wildman–Crippen LogP) is 1.34. The van der Waals surface area contributed by atoms with Crippen LogP contribution in [0.15, 0.2) is 0 Å². The van der Waals surface area contributed by atoms with Crippen LogP contribution in [-0.2, 0) is 27.6 Å². The quantitative estimate of drug-likeness (QED) is 0.810. The lowest BCUT2D eigenvalue weighted by Gasteiger charge is -2.23. The Morgan fingerprint density at radius 1 is 1.39 bits per heavy atom. The zero-order valence-corrected chi connectivity index (χ0v) is 15.5. The van der Waals surface area contributed by atoms with E-state index in [1.807, 2.05) is 18.5 Å². The molecule has 1 saturated heterocycles. The zero-order chi connectivity index (χ0) is 17.4. The fourth-order valence-corrected chi connectivity index (χ4v) is 4.85. The number of carbonyl (C=O) groups excluding carboxylic acids is 1. The van der Waals surface area contributed by atoms with Crippen molar-refractivity contribution in [3.8, 4) is 0 Å². The van der Waals surface area contributed by atoms with E-state index in [0.717, 1.165) is 23.5 Å². The molecule has 1 aromatic rings. The van der Waals surface area contributed by atoms with Crippen LogP contribution < -0.4 is 0 Å². The fraction of sp³-hybridized carbons (Fsp3) is 0.750. The maximum Gasteiger partial charge on any atom is 0.227 e. The van der Waals surface area contributed by atoms with E-state index in [9.17, 15) is 13.2 Å². The van der Waals surface area contributed by atoms with Crippen molar-refractivity contribution in [3.05, 3.63) is 17.0 Å². The minimum Gasteiger partial charge on any atom is -0.341 e. The standard InChI is InChI=1S/C16H27N3O3S/c1-11(2)9-19-13(4)15(12(3)17-19)8-16(20)18(5)14-6-7-23(21,22)10-14/h11,14H,6-10H2,1-5H3. The van der Waals surface area contributed by atoms with Gasteiger partial charge in [-0.2, -0.15) is 5.10 Å². The number of hydrogen-bond acceptors (Lipinski definition) is 4. The summed E-state index contributed by atoms with van der Waals surface area (Å²) in [6.45, 7) is 9.01. The van der Waals surface area contributed by atoms with Crippen LogP contribution in [0.1, 0.15) is 37.2 Å². The van der Waals surface area contributed by atoms with Gasteiger partial charge in [-0.15, -0.1) is 0 Å². The fourth-order valence-electron chi connectivity index (χ4n) is 3.07. The summed E-state index contributed by atoms with van der Waals surface area (Å²) in [5.74, 6) is 0.713. The van der Waals surface area contributed by atoms with Crippen molar-refractivity contribution in [1.82, 2.24) is 14.7 Å². The van der Waals surface area contributed by atoms with Crippen molar-refractivity contribution in [2.75, 3.05) is 18.6 Å². The van der Waals surface area contributed by atoms with Crippen molar-refractivity contribution in [3.63, 3.8) is 0 Å². The van der Waals surface area contributed by atoms with Gasteiger partial charge in [0.2, 0.25) is 5.91 Å². The molecule has 0 radical (unpaired) electrons. The predicted molar refractivity (Wildman–Crippen MR) is 90.1 cm³/mol. The molecule has 2 rings (SSSR count). The first-order valence-corrected chi connectivity index (χ1v) is 9.92. The molecule has 0 aromatic carbocycles. The van der Waals surface area contributed by atoms with Crippen LogP contribution in [-0.4, -0.2) is 53.6 Å². The number of sulfone groups is 1. The van der Waals surface area contributed by atoms with E-state index >= 15 is 0 Å². The van der Waals surface area contributed by atoms with Crippen LogP contribution in [0.4, 0.5) is 0 Å². The summed E-state index contributed by atoms with van der Waals surface area (Å²) in [4.78, 5) is 14.1. The summed E-state index contributed by atoms with van der Waals surface area (Å²) < 4.78 is 25.1. The van der Waals surface area contributed by atoms with Crippen molar-refractivity contribution >= 4 is 15.7 Å². The molecule has 1 aromatic heterocycles. The molecule has 1 amide bonds. The average molecular weight is 341 g/mol. The van der Waals surface area contributed by atoms with Gasteiger partial charge < -0.3 is 4.90 Å². The van der Waals surface area contributed by atoms with Gasteiger partial charge in [-0.1, -0.05) is 13.8 Å². The average Bonchev–Trinajstić information content (AvgIpc) is 2.92. The molecule has 2 heterocycles. The maximum atomic E-state index is 12.5. The molecular formula is C16H27N3O3S. The molecule has 7 heteroatoms. The van der Waals surface area contributed by atoms with E-state index < -0.39 is 9.84 Å². The van der Waals surface area contributed by atoms with Gasteiger partial charge in [-0.05, 0) is 26.2 Å². The molecule has 1 atom stereocenters. The highest BCUT2D eigenvalue weighted by Crippen LogP contribution is 2.20. The van der Waals surface area contributed by atoms with Crippen LogP contribution in [0.3, 0.4) is 0 Å². The van der Waals surface area contributed by atoms with Gasteiger partial charge >= 0.3 is 0 Å². The largest absolute Gasteiger partial charge is 0.341 e. The second-order valence-corrected chi connectivity index (χ2v) is 9.19. The summed E-state index contributed by atoms with van der Waals surface area (Å²) in [5.41, 5.74) is 2.87. The Kier molecular flexibility index (Phi) is 5.18. The molecular weight excluding hydrogens is 314 g/mol. The second-order valence-electron chi connectivity index (χ2n) is 6.96. The molecule has 0 N–H and O–H groups in total. The van der Waals surface area contributed by atoms with Crippen LogP contribution in [0, 0.1) is 19.8 Å². The minimum atomic E-state index is -2.98. The molecule has 1 fully saturated rings. The van der Waals surface area contributed by atoms with Crippen molar-refractivity contribution in [2.45, 2.75) is 53.1 Å². The molecule has 130 valence electrons. The Bertz CT molecular complexity index is 692. The van der Waals surface area contributed by atoms with E-state index in [0.29, 0.717) is 12.3 Å². The molecule has 1 aliphatic rings. The topological polar surface area (TPSA) is 72.3 Å². The monoisotopic (exact) mass is 341 g/mol. The molecule has 0 bridgehead atoms. The van der Waals surface area contributed by atoms with Gasteiger partial charge in [0, 0.05) is 30.9 Å². The number of aromatic nitrogens is 2. The van der Waals surface area contributed by atoms with Gasteiger partial charge in [0.05, 0.1) is 23.6 Å². The summed E-state index contributed by atoms with van der Waals surface area (Å²) in [7, 11) is -1.28. The third kappa shape index (κ3) is 4.13. The lowest BCUT2D eigenvalue weighted by atomic mass is 10.1. The zero-order valence-electron chi connectivity index (χ0n) is 14.7. The van der Waals surface area contributed by atoms with Crippen LogP contribution >= 0.6 is 0 Å². The van der Waals surface area contributed by atoms with Gasteiger partial charge in [-0.3, -0.25) is 9.48 Å². The SMILES string of the molecule is Cc1nn(CC(C)C)c(C)c1CC(=O)N(C)C1CCS(=O)(=O)C1. The maximum absolute atomic E-state index is 12.5. The Balaban J connectivity index is 2.10. The van der Waals surface area contributed by atoms with E-state index in [1.54, 1.807) is 11.9 Å². The van der Waals surface area contributed by atoms with Crippen molar-refractivity contribution in [1.29, 1.82) is 0 Å². The second kappa shape index (κ2) is 6.63. The number of amides is 1. The van der Waals surface area contributed by atoms with E-state index in [4.69, 9.17) is 0 Å². The summed E-state index contributed by atoms with van der Waals surface area (Å²) in [6.07, 6.45) is 0.817. The molecule has 0 aliphatic carbocycles. The van der Waals surface area contributed by atoms with Crippen molar-refractivity contribution in [2.24, 2.45) is 5.92 Å². The first-order valence-electron chi connectivity index (χ1n) is 8.09. The van der Waals surface area contributed by atoms with Crippen molar-refractivity contribution < 1.29 is 13.2 Å². The molecule has 6 nitrogen and oxygen atoms in total. The number of aryl methyl sites for hydroxylation is 1. The molecule has 0 saturated carbocycles. The molecule has 0 spiro atoms.